The number of hydrogen-bond acceptors (Lipinski definition) is 3. The summed E-state index contributed by atoms with van der Waals surface area (Å²) in [4.78, 5) is 12.7. The van der Waals surface area contributed by atoms with E-state index in [9.17, 15) is 10.1 Å². The molecule has 2 aliphatic heterocycles. The third-order valence-corrected chi connectivity index (χ3v) is 4.30. The van der Waals surface area contributed by atoms with E-state index in [0.29, 0.717) is 11.1 Å². The van der Waals surface area contributed by atoms with Crippen LogP contribution in [0.2, 0.25) is 0 Å². The highest BCUT2D eigenvalue weighted by atomic mass is 16.5. The lowest BCUT2D eigenvalue weighted by Gasteiger charge is -2.27. The second kappa shape index (κ2) is 4.79. The van der Waals surface area contributed by atoms with E-state index in [2.05, 4.69) is 6.07 Å². The zero-order valence-corrected chi connectivity index (χ0v) is 11.1. The highest BCUT2D eigenvalue weighted by Crippen LogP contribution is 2.37. The van der Waals surface area contributed by atoms with Gasteiger partial charge in [-0.25, -0.2) is 0 Å². The fourth-order valence-corrected chi connectivity index (χ4v) is 3.36. The Balaban J connectivity index is 1.91. The van der Waals surface area contributed by atoms with Crippen LogP contribution >= 0.6 is 0 Å². The Morgan fingerprint density at radius 1 is 1.32 bits per heavy atom. The summed E-state index contributed by atoms with van der Waals surface area (Å²) in [6.45, 7) is 1.90. The van der Waals surface area contributed by atoms with Gasteiger partial charge >= 0.3 is 0 Å². The summed E-state index contributed by atoms with van der Waals surface area (Å²) in [6.07, 6.45) is 4.29. The van der Waals surface area contributed by atoms with Crippen molar-refractivity contribution in [2.45, 2.75) is 44.8 Å². The molecule has 1 aromatic carbocycles. The van der Waals surface area contributed by atoms with Gasteiger partial charge in [-0.05, 0) is 44.2 Å². The minimum atomic E-state index is 0.0273. The molecule has 0 N–H and O–H groups in total. The number of rotatable bonds is 2. The standard InChI is InChI=1S/C16H17NO2/c1-10-3-2-4-11(9-17)15(10)16(18)12-7-13-5-6-14(8-12)19-13/h2-4,12-14H,5-8H2,1H3. The number of aryl methyl sites for hydroxylation is 1. The fourth-order valence-electron chi connectivity index (χ4n) is 3.36. The molecule has 1 aromatic rings. The third kappa shape index (κ3) is 2.17. The first kappa shape index (κ1) is 12.4. The highest BCUT2D eigenvalue weighted by molar-refractivity contribution is 6.01. The van der Waals surface area contributed by atoms with Crippen molar-refractivity contribution in [3.05, 3.63) is 34.9 Å². The van der Waals surface area contributed by atoms with E-state index in [1.54, 1.807) is 6.07 Å². The minimum Gasteiger partial charge on any atom is -0.375 e. The Hall–Kier alpha value is -1.66. The minimum absolute atomic E-state index is 0.0273. The first-order chi connectivity index (χ1) is 9.19. The van der Waals surface area contributed by atoms with Crippen molar-refractivity contribution >= 4 is 5.78 Å². The van der Waals surface area contributed by atoms with Crippen molar-refractivity contribution < 1.29 is 9.53 Å². The van der Waals surface area contributed by atoms with Crippen molar-refractivity contribution in [2.75, 3.05) is 0 Å². The first-order valence-corrected chi connectivity index (χ1v) is 6.88. The van der Waals surface area contributed by atoms with Gasteiger partial charge in [0.1, 0.15) is 0 Å². The normalized spacial score (nSPS) is 28.9. The van der Waals surface area contributed by atoms with E-state index >= 15 is 0 Å². The first-order valence-electron chi connectivity index (χ1n) is 6.88. The molecule has 19 heavy (non-hydrogen) atoms. The van der Waals surface area contributed by atoms with Crippen molar-refractivity contribution in [1.82, 2.24) is 0 Å². The summed E-state index contributed by atoms with van der Waals surface area (Å²) in [5.74, 6) is 0.161. The summed E-state index contributed by atoms with van der Waals surface area (Å²) in [5, 5.41) is 9.18. The summed E-state index contributed by atoms with van der Waals surface area (Å²) in [5.41, 5.74) is 2.03. The molecule has 2 aliphatic rings. The molecule has 3 heteroatoms. The number of ether oxygens (including phenoxy) is 1. The van der Waals surface area contributed by atoms with Gasteiger partial charge in [0.05, 0.1) is 23.8 Å². The number of benzene rings is 1. The summed E-state index contributed by atoms with van der Waals surface area (Å²) < 4.78 is 5.78. The van der Waals surface area contributed by atoms with Crippen LogP contribution in [0.15, 0.2) is 18.2 Å². The Bertz CT molecular complexity index is 546. The van der Waals surface area contributed by atoms with E-state index < -0.39 is 0 Å². The van der Waals surface area contributed by atoms with Gasteiger partial charge < -0.3 is 4.74 Å². The number of carbonyl (C=O) groups is 1. The quantitative estimate of drug-likeness (QED) is 0.763. The van der Waals surface area contributed by atoms with Crippen LogP contribution in [0.25, 0.3) is 0 Å². The smallest absolute Gasteiger partial charge is 0.167 e. The Morgan fingerprint density at radius 3 is 2.63 bits per heavy atom. The third-order valence-electron chi connectivity index (χ3n) is 4.30. The van der Waals surface area contributed by atoms with Crippen molar-refractivity contribution in [3.63, 3.8) is 0 Å². The molecule has 3 rings (SSSR count). The fraction of sp³-hybridized carbons (Fsp3) is 0.500. The molecule has 0 spiro atoms. The second-order valence-electron chi connectivity index (χ2n) is 5.60. The van der Waals surface area contributed by atoms with Gasteiger partial charge in [-0.15, -0.1) is 0 Å². The lowest BCUT2D eigenvalue weighted by atomic mass is 9.85. The molecule has 0 aromatic heterocycles. The van der Waals surface area contributed by atoms with Crippen LogP contribution in [-0.4, -0.2) is 18.0 Å². The van der Waals surface area contributed by atoms with Crippen molar-refractivity contribution in [1.29, 1.82) is 5.26 Å². The van der Waals surface area contributed by atoms with Gasteiger partial charge in [-0.2, -0.15) is 5.26 Å². The van der Waals surface area contributed by atoms with Gasteiger partial charge in [0.2, 0.25) is 0 Å². The molecule has 2 bridgehead atoms. The van der Waals surface area contributed by atoms with Gasteiger partial charge in [0.25, 0.3) is 0 Å². The topological polar surface area (TPSA) is 50.1 Å². The van der Waals surface area contributed by atoms with E-state index in [1.165, 1.54) is 0 Å². The molecule has 98 valence electrons. The lowest BCUT2D eigenvalue weighted by molar-refractivity contribution is -0.0149. The van der Waals surface area contributed by atoms with E-state index in [0.717, 1.165) is 31.2 Å². The van der Waals surface area contributed by atoms with E-state index in [-0.39, 0.29) is 23.9 Å². The number of nitrogens with zero attached hydrogens (tertiary/aromatic N) is 1. The van der Waals surface area contributed by atoms with Crippen LogP contribution in [0, 0.1) is 24.2 Å². The maximum absolute atomic E-state index is 12.7. The van der Waals surface area contributed by atoms with E-state index in [1.807, 2.05) is 19.1 Å². The molecule has 0 radical (unpaired) electrons. The van der Waals surface area contributed by atoms with Crippen LogP contribution in [0.3, 0.4) is 0 Å². The average Bonchev–Trinajstić information content (AvgIpc) is 2.76. The lowest BCUT2D eigenvalue weighted by Crippen LogP contribution is -2.30. The predicted molar refractivity (Wildman–Crippen MR) is 70.8 cm³/mol. The SMILES string of the molecule is Cc1cccc(C#N)c1C(=O)C1CC2CCC(C1)O2. The molecule has 2 fully saturated rings. The number of fused-ring (bicyclic) bond motifs is 2. The van der Waals surface area contributed by atoms with Crippen LogP contribution in [0.4, 0.5) is 0 Å². The molecule has 2 saturated heterocycles. The molecule has 2 heterocycles. The predicted octanol–water partition coefficient (Wildman–Crippen LogP) is 3.01. The van der Waals surface area contributed by atoms with Gasteiger partial charge in [-0.1, -0.05) is 12.1 Å². The molecule has 2 unspecified atom stereocenters. The zero-order chi connectivity index (χ0) is 13.4. The van der Waals surface area contributed by atoms with Crippen LogP contribution in [-0.2, 0) is 4.74 Å². The summed E-state index contributed by atoms with van der Waals surface area (Å²) in [6, 6.07) is 7.61. The second-order valence-corrected chi connectivity index (χ2v) is 5.60. The molecule has 0 saturated carbocycles. The molecule has 0 amide bonds. The maximum atomic E-state index is 12.7. The average molecular weight is 255 g/mol. The number of hydrogen-bond donors (Lipinski definition) is 0. The molecule has 0 aliphatic carbocycles. The largest absolute Gasteiger partial charge is 0.375 e. The zero-order valence-electron chi connectivity index (χ0n) is 11.1. The van der Waals surface area contributed by atoms with Gasteiger partial charge in [0, 0.05) is 11.5 Å². The Kier molecular flexibility index (Phi) is 3.12. The summed E-state index contributed by atoms with van der Waals surface area (Å²) in [7, 11) is 0. The Labute approximate surface area is 113 Å². The van der Waals surface area contributed by atoms with Crippen LogP contribution < -0.4 is 0 Å². The number of Topliss-reactive ketones (excluding diaryl/α,β-unsaturated/α-hetero) is 1. The molecular formula is C16H17NO2. The number of nitriles is 1. The highest BCUT2D eigenvalue weighted by Gasteiger charge is 2.38. The van der Waals surface area contributed by atoms with Gasteiger partial charge in [-0.3, -0.25) is 4.79 Å². The summed E-state index contributed by atoms with van der Waals surface area (Å²) >= 11 is 0. The van der Waals surface area contributed by atoms with Crippen LogP contribution in [0.1, 0.15) is 47.2 Å². The van der Waals surface area contributed by atoms with Crippen molar-refractivity contribution in [2.24, 2.45) is 5.92 Å². The Morgan fingerprint density at radius 2 is 2.00 bits per heavy atom. The molecular weight excluding hydrogens is 238 g/mol. The van der Waals surface area contributed by atoms with Gasteiger partial charge in [0.15, 0.2) is 5.78 Å². The molecule has 3 nitrogen and oxygen atoms in total. The van der Waals surface area contributed by atoms with Crippen molar-refractivity contribution in [3.8, 4) is 6.07 Å². The number of carbonyl (C=O) groups excluding carboxylic acids is 1. The van der Waals surface area contributed by atoms with Crippen LogP contribution in [0.5, 0.6) is 0 Å². The van der Waals surface area contributed by atoms with E-state index in [4.69, 9.17) is 4.74 Å². The molecule has 2 atom stereocenters. The maximum Gasteiger partial charge on any atom is 0.167 e. The number of ketones is 1. The monoisotopic (exact) mass is 255 g/mol.